The molecule has 0 fully saturated rings. The monoisotopic (exact) mass is 351 g/mol. The lowest BCUT2D eigenvalue weighted by molar-refractivity contribution is 0.0950. The maximum absolute atomic E-state index is 12.3. The van der Waals surface area contributed by atoms with Crippen molar-refractivity contribution in [2.24, 2.45) is 0 Å². The zero-order valence-corrected chi connectivity index (χ0v) is 14.8. The zero-order chi connectivity index (χ0) is 18.5. The standard InChI is InChI=1S/C21H21NO4/c1-14(2)25-17-9-7-15(8-10-17)11-12-22-20(23)18-13-16-5-3-4-6-19(16)26-21(18)24/h3-10,13-14H,11-12H2,1-2H3,(H,22,23). The molecule has 134 valence electrons. The molecule has 1 N–H and O–H groups in total. The first kappa shape index (κ1) is 17.7. The third-order valence-corrected chi connectivity index (χ3v) is 3.88. The summed E-state index contributed by atoms with van der Waals surface area (Å²) in [6.45, 7) is 4.38. The number of hydrogen-bond acceptors (Lipinski definition) is 4. The molecule has 0 aliphatic heterocycles. The summed E-state index contributed by atoms with van der Waals surface area (Å²) in [5.74, 6) is 0.394. The Hall–Kier alpha value is -3.08. The highest BCUT2D eigenvalue weighted by molar-refractivity contribution is 5.96. The summed E-state index contributed by atoms with van der Waals surface area (Å²) < 4.78 is 10.8. The van der Waals surface area contributed by atoms with Crippen LogP contribution in [0, 0.1) is 0 Å². The largest absolute Gasteiger partial charge is 0.491 e. The summed E-state index contributed by atoms with van der Waals surface area (Å²) in [5.41, 5.74) is 0.936. The van der Waals surface area contributed by atoms with Gasteiger partial charge in [0.2, 0.25) is 0 Å². The quantitative estimate of drug-likeness (QED) is 0.690. The summed E-state index contributed by atoms with van der Waals surface area (Å²) in [5, 5.41) is 3.49. The van der Waals surface area contributed by atoms with Gasteiger partial charge in [0.05, 0.1) is 6.10 Å². The molecule has 5 heteroatoms. The third kappa shape index (κ3) is 4.30. The zero-order valence-electron chi connectivity index (χ0n) is 14.8. The van der Waals surface area contributed by atoms with E-state index in [1.54, 1.807) is 24.3 Å². The van der Waals surface area contributed by atoms with E-state index < -0.39 is 11.5 Å². The van der Waals surface area contributed by atoms with Gasteiger partial charge >= 0.3 is 5.63 Å². The van der Waals surface area contributed by atoms with Gasteiger partial charge in [-0.05, 0) is 50.1 Å². The van der Waals surface area contributed by atoms with Crippen LogP contribution in [0.3, 0.4) is 0 Å². The Labute approximate surface area is 151 Å². The Balaban J connectivity index is 1.60. The normalized spacial score (nSPS) is 10.9. The molecule has 3 rings (SSSR count). The van der Waals surface area contributed by atoms with E-state index >= 15 is 0 Å². The Bertz CT molecular complexity index is 958. The van der Waals surface area contributed by atoms with Gasteiger partial charge in [0.25, 0.3) is 5.91 Å². The number of amides is 1. The maximum atomic E-state index is 12.3. The molecule has 0 aliphatic rings. The minimum absolute atomic E-state index is 0.0179. The molecule has 5 nitrogen and oxygen atoms in total. The van der Waals surface area contributed by atoms with E-state index in [1.807, 2.05) is 44.2 Å². The van der Waals surface area contributed by atoms with Crippen LogP contribution >= 0.6 is 0 Å². The highest BCUT2D eigenvalue weighted by atomic mass is 16.5. The van der Waals surface area contributed by atoms with E-state index in [9.17, 15) is 9.59 Å². The number of rotatable bonds is 6. The molecule has 0 atom stereocenters. The summed E-state index contributed by atoms with van der Waals surface area (Å²) in [7, 11) is 0. The molecule has 0 unspecified atom stereocenters. The van der Waals surface area contributed by atoms with Crippen molar-refractivity contribution in [2.75, 3.05) is 6.54 Å². The van der Waals surface area contributed by atoms with Crippen LogP contribution in [0.15, 0.2) is 63.8 Å². The molecule has 2 aromatic carbocycles. The molecular weight excluding hydrogens is 330 g/mol. The van der Waals surface area contributed by atoms with Crippen molar-refractivity contribution in [3.63, 3.8) is 0 Å². The number of hydrogen-bond donors (Lipinski definition) is 1. The molecule has 0 aliphatic carbocycles. The van der Waals surface area contributed by atoms with E-state index in [0.29, 0.717) is 18.5 Å². The van der Waals surface area contributed by atoms with Crippen molar-refractivity contribution in [3.8, 4) is 5.75 Å². The van der Waals surface area contributed by atoms with Gasteiger partial charge in [-0.25, -0.2) is 4.79 Å². The van der Waals surface area contributed by atoms with E-state index in [0.717, 1.165) is 16.7 Å². The number of nitrogens with one attached hydrogen (secondary N) is 1. The van der Waals surface area contributed by atoms with Gasteiger partial charge in [-0.1, -0.05) is 30.3 Å². The van der Waals surface area contributed by atoms with E-state index in [1.165, 1.54) is 0 Å². The fourth-order valence-electron chi connectivity index (χ4n) is 2.64. The van der Waals surface area contributed by atoms with Crippen LogP contribution in [0.2, 0.25) is 0 Å². The van der Waals surface area contributed by atoms with Crippen LogP contribution < -0.4 is 15.7 Å². The van der Waals surface area contributed by atoms with Crippen LogP contribution in [0.4, 0.5) is 0 Å². The van der Waals surface area contributed by atoms with Crippen molar-refractivity contribution in [3.05, 3.63) is 76.1 Å². The molecule has 0 saturated carbocycles. The summed E-state index contributed by atoms with van der Waals surface area (Å²) in [4.78, 5) is 24.3. The fraction of sp³-hybridized carbons (Fsp3) is 0.238. The van der Waals surface area contributed by atoms with Crippen LogP contribution in [-0.2, 0) is 6.42 Å². The van der Waals surface area contributed by atoms with Crippen LogP contribution in [0.1, 0.15) is 29.8 Å². The maximum Gasteiger partial charge on any atom is 0.349 e. The molecule has 1 heterocycles. The number of carbonyl (C=O) groups is 1. The summed E-state index contributed by atoms with van der Waals surface area (Å²) in [6.07, 6.45) is 0.792. The van der Waals surface area contributed by atoms with Crippen molar-refractivity contribution in [2.45, 2.75) is 26.4 Å². The van der Waals surface area contributed by atoms with Gasteiger partial charge in [0.15, 0.2) is 0 Å². The second-order valence-corrected chi connectivity index (χ2v) is 6.30. The Morgan fingerprint density at radius 2 is 1.85 bits per heavy atom. The molecule has 26 heavy (non-hydrogen) atoms. The Morgan fingerprint density at radius 1 is 1.12 bits per heavy atom. The number of para-hydroxylation sites is 1. The first-order valence-electron chi connectivity index (χ1n) is 8.59. The summed E-state index contributed by atoms with van der Waals surface area (Å²) >= 11 is 0. The Kier molecular flexibility index (Phi) is 5.37. The van der Waals surface area contributed by atoms with Gasteiger partial charge in [-0.3, -0.25) is 4.79 Å². The smallest absolute Gasteiger partial charge is 0.349 e. The molecule has 0 spiro atoms. The Morgan fingerprint density at radius 3 is 2.58 bits per heavy atom. The minimum Gasteiger partial charge on any atom is -0.491 e. The topological polar surface area (TPSA) is 68.5 Å². The predicted octanol–water partition coefficient (Wildman–Crippen LogP) is 3.55. The van der Waals surface area contributed by atoms with Crippen molar-refractivity contribution < 1.29 is 13.9 Å². The van der Waals surface area contributed by atoms with E-state index in [4.69, 9.17) is 9.15 Å². The number of benzene rings is 2. The average molecular weight is 351 g/mol. The molecule has 0 radical (unpaired) electrons. The van der Waals surface area contributed by atoms with Crippen LogP contribution in [0.5, 0.6) is 5.75 Å². The fourth-order valence-corrected chi connectivity index (χ4v) is 2.64. The minimum atomic E-state index is -0.628. The van der Waals surface area contributed by atoms with Gasteiger partial charge < -0.3 is 14.5 Å². The van der Waals surface area contributed by atoms with E-state index in [-0.39, 0.29) is 11.7 Å². The molecule has 3 aromatic rings. The van der Waals surface area contributed by atoms with Crippen molar-refractivity contribution in [1.29, 1.82) is 0 Å². The second-order valence-electron chi connectivity index (χ2n) is 6.30. The molecule has 0 bridgehead atoms. The van der Waals surface area contributed by atoms with E-state index in [2.05, 4.69) is 5.32 Å². The average Bonchev–Trinajstić information content (AvgIpc) is 2.62. The molecule has 0 saturated heterocycles. The first-order chi connectivity index (χ1) is 12.5. The van der Waals surface area contributed by atoms with Crippen LogP contribution in [0.25, 0.3) is 11.0 Å². The van der Waals surface area contributed by atoms with Crippen molar-refractivity contribution in [1.82, 2.24) is 5.32 Å². The number of carbonyl (C=O) groups excluding carboxylic acids is 1. The molecule has 1 aromatic heterocycles. The molecule has 1 amide bonds. The van der Waals surface area contributed by atoms with Crippen molar-refractivity contribution >= 4 is 16.9 Å². The number of fused-ring (bicyclic) bond motifs is 1. The first-order valence-corrected chi connectivity index (χ1v) is 8.59. The van der Waals surface area contributed by atoms with Gasteiger partial charge in [0.1, 0.15) is 16.9 Å². The molecular formula is C21H21NO4. The SMILES string of the molecule is CC(C)Oc1ccc(CCNC(=O)c2cc3ccccc3oc2=O)cc1. The van der Waals surface area contributed by atoms with Gasteiger partial charge in [-0.2, -0.15) is 0 Å². The lowest BCUT2D eigenvalue weighted by Gasteiger charge is -2.10. The highest BCUT2D eigenvalue weighted by Crippen LogP contribution is 2.14. The predicted molar refractivity (Wildman–Crippen MR) is 101 cm³/mol. The van der Waals surface area contributed by atoms with Crippen LogP contribution in [-0.4, -0.2) is 18.6 Å². The highest BCUT2D eigenvalue weighted by Gasteiger charge is 2.13. The summed E-state index contributed by atoms with van der Waals surface area (Å²) in [6, 6.07) is 16.4. The lowest BCUT2D eigenvalue weighted by atomic mass is 10.1. The second kappa shape index (κ2) is 7.87. The van der Waals surface area contributed by atoms with Gasteiger partial charge in [0, 0.05) is 11.9 Å². The number of ether oxygens (including phenoxy) is 1. The third-order valence-electron chi connectivity index (χ3n) is 3.88. The lowest BCUT2D eigenvalue weighted by Crippen LogP contribution is -2.29. The van der Waals surface area contributed by atoms with Gasteiger partial charge in [-0.15, -0.1) is 0 Å².